The molecule has 0 bridgehead atoms. The van der Waals surface area contributed by atoms with E-state index in [1.165, 1.54) is 16.2 Å². The molecule has 0 fully saturated rings. The van der Waals surface area contributed by atoms with Crippen LogP contribution in [0.25, 0.3) is 32.7 Å². The van der Waals surface area contributed by atoms with Crippen LogP contribution in [0.2, 0.25) is 0 Å². The van der Waals surface area contributed by atoms with Gasteiger partial charge in [0.05, 0.1) is 9.79 Å². The third kappa shape index (κ3) is 3.81. The zero-order valence-corrected chi connectivity index (χ0v) is 19.3. The molecule has 5 rings (SSSR count). The van der Waals surface area contributed by atoms with Gasteiger partial charge in [-0.2, -0.15) is 0 Å². The SMILES string of the molecule is CCSc1ccc(S(=O)(=O)c2ccc(-c3cccc4cc5ccccc5cc34)cc2)cc1. The molecule has 0 unspecified atom stereocenters. The van der Waals surface area contributed by atoms with E-state index in [9.17, 15) is 8.42 Å². The van der Waals surface area contributed by atoms with Gasteiger partial charge in [-0.15, -0.1) is 11.8 Å². The molecule has 0 aliphatic rings. The summed E-state index contributed by atoms with van der Waals surface area (Å²) in [6.45, 7) is 2.08. The normalized spacial score (nSPS) is 11.8. The lowest BCUT2D eigenvalue weighted by Crippen LogP contribution is -2.01. The van der Waals surface area contributed by atoms with Crippen molar-refractivity contribution in [2.45, 2.75) is 21.6 Å². The topological polar surface area (TPSA) is 34.1 Å². The first-order valence-corrected chi connectivity index (χ1v) is 13.0. The number of thioether (sulfide) groups is 1. The predicted octanol–water partition coefficient (Wildman–Crippen LogP) is 7.60. The molecule has 0 aliphatic carbocycles. The van der Waals surface area contributed by atoms with Gasteiger partial charge < -0.3 is 0 Å². The number of benzene rings is 5. The van der Waals surface area contributed by atoms with E-state index >= 15 is 0 Å². The maximum Gasteiger partial charge on any atom is 0.206 e. The molecular formula is C28H22O2S2. The standard InChI is InChI=1S/C28H22O2S2/c1-2-31-24-12-16-26(17-13-24)32(29,30)25-14-10-20(11-15-25)27-9-5-8-23-18-21-6-3-4-7-22(21)19-28(23)27/h3-19H,2H2,1H3. The van der Waals surface area contributed by atoms with E-state index in [1.54, 1.807) is 36.0 Å². The summed E-state index contributed by atoms with van der Waals surface area (Å²) in [5, 5.41) is 4.73. The van der Waals surface area contributed by atoms with Crippen LogP contribution in [0.4, 0.5) is 0 Å². The van der Waals surface area contributed by atoms with Crippen molar-refractivity contribution in [3.63, 3.8) is 0 Å². The fraction of sp³-hybridized carbons (Fsp3) is 0.0714. The quantitative estimate of drug-likeness (QED) is 0.202. The Kier molecular flexibility index (Phi) is 5.50. The zero-order chi connectivity index (χ0) is 22.1. The van der Waals surface area contributed by atoms with Gasteiger partial charge >= 0.3 is 0 Å². The van der Waals surface area contributed by atoms with Crippen LogP contribution in [0.5, 0.6) is 0 Å². The average Bonchev–Trinajstić information content (AvgIpc) is 2.83. The van der Waals surface area contributed by atoms with Crippen LogP contribution in [-0.2, 0) is 9.84 Å². The summed E-state index contributed by atoms with van der Waals surface area (Å²) >= 11 is 1.70. The maximum absolute atomic E-state index is 13.1. The Balaban J connectivity index is 1.53. The lowest BCUT2D eigenvalue weighted by Gasteiger charge is -2.10. The minimum atomic E-state index is -3.55. The summed E-state index contributed by atoms with van der Waals surface area (Å²) in [6, 6.07) is 33.3. The molecule has 0 heterocycles. The monoisotopic (exact) mass is 454 g/mol. The van der Waals surface area contributed by atoms with E-state index in [0.717, 1.165) is 27.2 Å². The second-order valence-corrected chi connectivity index (χ2v) is 10.9. The van der Waals surface area contributed by atoms with Gasteiger partial charge in [0.15, 0.2) is 0 Å². The van der Waals surface area contributed by atoms with E-state index in [1.807, 2.05) is 42.5 Å². The first-order chi connectivity index (χ1) is 15.6. The highest BCUT2D eigenvalue weighted by molar-refractivity contribution is 7.99. The number of fused-ring (bicyclic) bond motifs is 2. The van der Waals surface area contributed by atoms with Gasteiger partial charge in [-0.3, -0.25) is 0 Å². The van der Waals surface area contributed by atoms with Crippen LogP contribution in [0.3, 0.4) is 0 Å². The Hall–Kier alpha value is -3.08. The van der Waals surface area contributed by atoms with Crippen molar-refractivity contribution >= 4 is 43.1 Å². The number of hydrogen-bond acceptors (Lipinski definition) is 3. The van der Waals surface area contributed by atoms with E-state index in [-0.39, 0.29) is 0 Å². The van der Waals surface area contributed by atoms with Crippen molar-refractivity contribution in [3.8, 4) is 11.1 Å². The summed E-state index contributed by atoms with van der Waals surface area (Å²) in [4.78, 5) is 1.70. The second kappa shape index (κ2) is 8.45. The van der Waals surface area contributed by atoms with Crippen molar-refractivity contribution in [2.75, 3.05) is 5.75 Å². The Morgan fingerprint density at radius 1 is 0.656 bits per heavy atom. The highest BCUT2D eigenvalue weighted by atomic mass is 32.2. The van der Waals surface area contributed by atoms with Gasteiger partial charge in [-0.05, 0) is 87.0 Å². The Bertz CT molecular complexity index is 1520. The molecule has 0 saturated carbocycles. The Labute approximate surface area is 192 Å². The molecule has 0 aromatic heterocycles. The van der Waals surface area contributed by atoms with E-state index in [4.69, 9.17) is 0 Å². The minimum absolute atomic E-state index is 0.308. The molecule has 0 saturated heterocycles. The molecule has 0 spiro atoms. The van der Waals surface area contributed by atoms with Crippen LogP contribution in [-0.4, -0.2) is 14.2 Å². The van der Waals surface area contributed by atoms with Gasteiger partial charge in [0, 0.05) is 4.90 Å². The van der Waals surface area contributed by atoms with E-state index < -0.39 is 9.84 Å². The summed E-state index contributed by atoms with van der Waals surface area (Å²) in [6.07, 6.45) is 0. The molecule has 158 valence electrons. The number of rotatable bonds is 5. The maximum atomic E-state index is 13.1. The smallest absolute Gasteiger partial charge is 0.206 e. The van der Waals surface area contributed by atoms with Crippen LogP contribution in [0.1, 0.15) is 6.92 Å². The van der Waals surface area contributed by atoms with Crippen molar-refractivity contribution in [2.24, 2.45) is 0 Å². The second-order valence-electron chi connectivity index (χ2n) is 7.66. The van der Waals surface area contributed by atoms with Gasteiger partial charge in [0.25, 0.3) is 0 Å². The highest BCUT2D eigenvalue weighted by Gasteiger charge is 2.18. The number of hydrogen-bond donors (Lipinski definition) is 0. The average molecular weight is 455 g/mol. The molecule has 0 amide bonds. The molecule has 5 aromatic carbocycles. The first kappa shape index (κ1) is 20.8. The molecular weight excluding hydrogens is 432 g/mol. The van der Waals surface area contributed by atoms with Crippen LogP contribution < -0.4 is 0 Å². The molecule has 0 aliphatic heterocycles. The van der Waals surface area contributed by atoms with Gasteiger partial charge in [-0.1, -0.05) is 61.5 Å². The largest absolute Gasteiger partial charge is 0.219 e. The van der Waals surface area contributed by atoms with Crippen molar-refractivity contribution in [1.82, 2.24) is 0 Å². The minimum Gasteiger partial charge on any atom is -0.219 e. The fourth-order valence-electron chi connectivity index (χ4n) is 4.05. The molecule has 5 aromatic rings. The third-order valence-corrected chi connectivity index (χ3v) is 8.35. The molecule has 0 radical (unpaired) electrons. The lowest BCUT2D eigenvalue weighted by atomic mass is 9.96. The van der Waals surface area contributed by atoms with Crippen molar-refractivity contribution < 1.29 is 8.42 Å². The highest BCUT2D eigenvalue weighted by Crippen LogP contribution is 2.33. The Morgan fingerprint density at radius 2 is 1.25 bits per heavy atom. The molecule has 32 heavy (non-hydrogen) atoms. The summed E-state index contributed by atoms with van der Waals surface area (Å²) < 4.78 is 26.2. The first-order valence-electron chi connectivity index (χ1n) is 10.6. The van der Waals surface area contributed by atoms with Crippen LogP contribution in [0, 0.1) is 0 Å². The van der Waals surface area contributed by atoms with Crippen LogP contribution >= 0.6 is 11.8 Å². The summed E-state index contributed by atoms with van der Waals surface area (Å²) in [5.74, 6) is 0.956. The van der Waals surface area contributed by atoms with Gasteiger partial charge in [-0.25, -0.2) is 8.42 Å². The fourth-order valence-corrected chi connectivity index (χ4v) is 5.97. The van der Waals surface area contributed by atoms with Gasteiger partial charge in [0.2, 0.25) is 9.84 Å². The van der Waals surface area contributed by atoms with Gasteiger partial charge in [0.1, 0.15) is 0 Å². The molecule has 4 heteroatoms. The van der Waals surface area contributed by atoms with E-state index in [0.29, 0.717) is 9.79 Å². The van der Waals surface area contributed by atoms with Crippen molar-refractivity contribution in [3.05, 3.63) is 103 Å². The predicted molar refractivity (Wildman–Crippen MR) is 135 cm³/mol. The van der Waals surface area contributed by atoms with Crippen LogP contribution in [0.15, 0.2) is 118 Å². The summed E-state index contributed by atoms with van der Waals surface area (Å²) in [5.41, 5.74) is 2.10. The Morgan fingerprint density at radius 3 is 1.91 bits per heavy atom. The van der Waals surface area contributed by atoms with Crippen molar-refractivity contribution in [1.29, 1.82) is 0 Å². The molecule has 0 atom stereocenters. The summed E-state index contributed by atoms with van der Waals surface area (Å²) in [7, 11) is -3.55. The molecule has 2 nitrogen and oxygen atoms in total. The van der Waals surface area contributed by atoms with E-state index in [2.05, 4.69) is 43.3 Å². The molecule has 0 N–H and O–H groups in total. The number of sulfone groups is 1. The lowest BCUT2D eigenvalue weighted by molar-refractivity contribution is 0.596. The zero-order valence-electron chi connectivity index (χ0n) is 17.7. The third-order valence-electron chi connectivity index (χ3n) is 5.67.